The molecule has 0 saturated heterocycles. The predicted octanol–water partition coefficient (Wildman–Crippen LogP) is 2.77. The Kier molecular flexibility index (Phi) is 6.35. The second-order valence-electron chi connectivity index (χ2n) is 5.10. The molecule has 0 atom stereocenters. The van der Waals surface area contributed by atoms with E-state index in [4.69, 9.17) is 4.74 Å². The van der Waals surface area contributed by atoms with Crippen molar-refractivity contribution in [2.45, 2.75) is 25.7 Å². The first kappa shape index (κ1) is 16.7. The number of nitrogens with zero attached hydrogens (tertiary/aromatic N) is 1. The van der Waals surface area contributed by atoms with Crippen molar-refractivity contribution in [3.05, 3.63) is 53.3 Å². The van der Waals surface area contributed by atoms with Crippen LogP contribution in [0.5, 0.6) is 0 Å². The highest BCUT2D eigenvalue weighted by Gasteiger charge is 2.11. The summed E-state index contributed by atoms with van der Waals surface area (Å²) in [6.07, 6.45) is 5.46. The van der Waals surface area contributed by atoms with Crippen LogP contribution in [0.3, 0.4) is 0 Å². The zero-order valence-corrected chi connectivity index (χ0v) is 13.1. The number of hydrogen-bond donors (Lipinski definition) is 1. The number of aromatic amines is 1. The lowest BCUT2D eigenvalue weighted by molar-refractivity contribution is 0.0498. The Morgan fingerprint density at radius 2 is 1.87 bits per heavy atom. The van der Waals surface area contributed by atoms with E-state index >= 15 is 0 Å². The molecule has 23 heavy (non-hydrogen) atoms. The molecule has 0 spiro atoms. The molecule has 0 radical (unpaired) electrons. The molecule has 122 valence electrons. The van der Waals surface area contributed by atoms with Gasteiger partial charge in [-0.25, -0.2) is 9.59 Å². The Bertz CT molecular complexity index is 638. The normalized spacial score (nSPS) is 10.3. The Labute approximate surface area is 134 Å². The minimum Gasteiger partial charge on any atom is -0.465 e. The molecular formula is C17H20N2O4. The molecule has 0 fully saturated rings. The van der Waals surface area contributed by atoms with Crippen LogP contribution in [0.15, 0.2) is 36.5 Å². The van der Waals surface area contributed by atoms with E-state index in [-0.39, 0.29) is 0 Å². The van der Waals surface area contributed by atoms with Crippen LogP contribution in [0.2, 0.25) is 0 Å². The summed E-state index contributed by atoms with van der Waals surface area (Å²) in [5.74, 6) is -0.900. The summed E-state index contributed by atoms with van der Waals surface area (Å²) in [5, 5.41) is 6.81. The first-order valence-corrected chi connectivity index (χ1v) is 7.54. The average Bonchev–Trinajstić information content (AvgIpc) is 3.10. The van der Waals surface area contributed by atoms with E-state index in [1.165, 1.54) is 13.2 Å². The van der Waals surface area contributed by atoms with Crippen LogP contribution in [0.4, 0.5) is 0 Å². The minimum atomic E-state index is -0.474. The van der Waals surface area contributed by atoms with Crippen molar-refractivity contribution in [1.82, 2.24) is 10.2 Å². The second-order valence-corrected chi connectivity index (χ2v) is 5.10. The number of aryl methyl sites for hydroxylation is 1. The zero-order valence-electron chi connectivity index (χ0n) is 13.1. The van der Waals surface area contributed by atoms with Crippen LogP contribution in [0.1, 0.15) is 45.7 Å². The molecule has 0 unspecified atom stereocenters. The van der Waals surface area contributed by atoms with Crippen molar-refractivity contribution in [3.63, 3.8) is 0 Å². The number of unbranched alkanes of at least 4 members (excludes halogenated alkanes) is 2. The lowest BCUT2D eigenvalue weighted by Gasteiger charge is -2.06. The molecule has 0 saturated carbocycles. The molecule has 1 aromatic carbocycles. The van der Waals surface area contributed by atoms with E-state index in [0.29, 0.717) is 17.7 Å². The van der Waals surface area contributed by atoms with Gasteiger partial charge in [0, 0.05) is 11.9 Å². The topological polar surface area (TPSA) is 81.3 Å². The van der Waals surface area contributed by atoms with Gasteiger partial charge in [-0.15, -0.1) is 0 Å². The molecule has 1 N–H and O–H groups in total. The number of carbonyl (C=O) groups is 2. The van der Waals surface area contributed by atoms with Gasteiger partial charge in [-0.2, -0.15) is 5.10 Å². The van der Waals surface area contributed by atoms with Gasteiger partial charge in [-0.1, -0.05) is 6.07 Å². The molecule has 0 aliphatic carbocycles. The predicted molar refractivity (Wildman–Crippen MR) is 84.2 cm³/mol. The fourth-order valence-electron chi connectivity index (χ4n) is 2.16. The van der Waals surface area contributed by atoms with Gasteiger partial charge in [0.25, 0.3) is 0 Å². The molecule has 0 aliphatic heterocycles. The highest BCUT2D eigenvalue weighted by molar-refractivity contribution is 5.95. The van der Waals surface area contributed by atoms with Crippen molar-refractivity contribution in [3.8, 4) is 0 Å². The third-order valence-corrected chi connectivity index (χ3v) is 3.40. The number of esters is 2. The minimum absolute atomic E-state index is 0.335. The quantitative estimate of drug-likeness (QED) is 0.598. The number of H-pyrrole nitrogens is 1. The maximum atomic E-state index is 11.9. The number of rotatable bonds is 8. The fourth-order valence-corrected chi connectivity index (χ4v) is 2.16. The van der Waals surface area contributed by atoms with Gasteiger partial charge in [-0.05, 0) is 49.9 Å². The smallest absolute Gasteiger partial charge is 0.338 e. The maximum absolute atomic E-state index is 11.9. The highest BCUT2D eigenvalue weighted by atomic mass is 16.5. The first-order chi connectivity index (χ1) is 11.2. The van der Waals surface area contributed by atoms with Crippen LogP contribution in [-0.4, -0.2) is 35.9 Å². The summed E-state index contributed by atoms with van der Waals surface area (Å²) in [6, 6.07) is 8.28. The molecule has 1 aromatic heterocycles. The van der Waals surface area contributed by atoms with E-state index in [2.05, 4.69) is 14.9 Å². The van der Waals surface area contributed by atoms with E-state index in [0.717, 1.165) is 31.4 Å². The van der Waals surface area contributed by atoms with E-state index in [1.807, 2.05) is 6.07 Å². The molecule has 1 heterocycles. The first-order valence-electron chi connectivity index (χ1n) is 7.54. The summed E-state index contributed by atoms with van der Waals surface area (Å²) < 4.78 is 9.85. The van der Waals surface area contributed by atoms with Gasteiger partial charge < -0.3 is 9.47 Å². The number of ether oxygens (including phenoxy) is 2. The fraction of sp³-hybridized carbons (Fsp3) is 0.353. The third kappa shape index (κ3) is 5.25. The lowest BCUT2D eigenvalue weighted by Crippen LogP contribution is -2.08. The van der Waals surface area contributed by atoms with Crippen LogP contribution < -0.4 is 0 Å². The van der Waals surface area contributed by atoms with Gasteiger partial charge in [-0.3, -0.25) is 5.10 Å². The van der Waals surface area contributed by atoms with Crippen molar-refractivity contribution < 1.29 is 19.1 Å². The summed E-state index contributed by atoms with van der Waals surface area (Å²) in [5.41, 5.74) is 1.80. The molecule has 6 nitrogen and oxygen atoms in total. The zero-order chi connectivity index (χ0) is 16.5. The number of hydrogen-bond acceptors (Lipinski definition) is 5. The van der Waals surface area contributed by atoms with Gasteiger partial charge in [0.1, 0.15) is 0 Å². The number of methoxy groups -OCH3 is 1. The average molecular weight is 316 g/mol. The Morgan fingerprint density at radius 1 is 1.09 bits per heavy atom. The second kappa shape index (κ2) is 8.73. The summed E-state index contributed by atoms with van der Waals surface area (Å²) >= 11 is 0. The molecule has 6 heteroatoms. The standard InChI is InChI=1S/C17H20N2O4/c1-22-16(20)13-6-5-7-14(12-13)17(21)23-11-4-2-3-8-15-9-10-18-19-15/h5-7,9-10,12H,2-4,8,11H2,1H3,(H,18,19). The van der Waals surface area contributed by atoms with Crippen molar-refractivity contribution in [2.75, 3.05) is 13.7 Å². The van der Waals surface area contributed by atoms with Crippen LogP contribution in [0, 0.1) is 0 Å². The Hall–Kier alpha value is -2.63. The highest BCUT2D eigenvalue weighted by Crippen LogP contribution is 2.09. The monoisotopic (exact) mass is 316 g/mol. The third-order valence-electron chi connectivity index (χ3n) is 3.40. The van der Waals surface area contributed by atoms with E-state index in [9.17, 15) is 9.59 Å². The lowest BCUT2D eigenvalue weighted by atomic mass is 10.1. The molecular weight excluding hydrogens is 296 g/mol. The number of carbonyl (C=O) groups excluding carboxylic acids is 2. The van der Waals surface area contributed by atoms with E-state index < -0.39 is 11.9 Å². The van der Waals surface area contributed by atoms with Crippen LogP contribution in [-0.2, 0) is 15.9 Å². The summed E-state index contributed by atoms with van der Waals surface area (Å²) in [7, 11) is 1.30. The van der Waals surface area contributed by atoms with Crippen molar-refractivity contribution in [2.24, 2.45) is 0 Å². The Balaban J connectivity index is 1.69. The largest absolute Gasteiger partial charge is 0.465 e. The summed E-state index contributed by atoms with van der Waals surface area (Å²) in [4.78, 5) is 23.4. The van der Waals surface area contributed by atoms with Crippen molar-refractivity contribution in [1.29, 1.82) is 0 Å². The van der Waals surface area contributed by atoms with Gasteiger partial charge in [0.05, 0.1) is 24.8 Å². The van der Waals surface area contributed by atoms with E-state index in [1.54, 1.807) is 24.4 Å². The van der Waals surface area contributed by atoms with Crippen LogP contribution in [0.25, 0.3) is 0 Å². The molecule has 0 aliphatic rings. The van der Waals surface area contributed by atoms with Gasteiger partial charge in [0.15, 0.2) is 0 Å². The number of aromatic nitrogens is 2. The summed E-state index contributed by atoms with van der Waals surface area (Å²) in [6.45, 7) is 0.365. The number of nitrogens with one attached hydrogen (secondary N) is 1. The van der Waals surface area contributed by atoms with Crippen LogP contribution >= 0.6 is 0 Å². The van der Waals surface area contributed by atoms with Gasteiger partial charge >= 0.3 is 11.9 Å². The van der Waals surface area contributed by atoms with Crippen molar-refractivity contribution >= 4 is 11.9 Å². The molecule has 2 aromatic rings. The Morgan fingerprint density at radius 3 is 2.57 bits per heavy atom. The number of benzene rings is 1. The maximum Gasteiger partial charge on any atom is 0.338 e. The molecule has 0 amide bonds. The SMILES string of the molecule is COC(=O)c1cccc(C(=O)OCCCCCc2ccn[nH]2)c1. The van der Waals surface area contributed by atoms with Gasteiger partial charge in [0.2, 0.25) is 0 Å². The molecule has 0 bridgehead atoms. The molecule has 2 rings (SSSR count).